The highest BCUT2D eigenvalue weighted by Crippen LogP contribution is 2.35. The van der Waals surface area contributed by atoms with Crippen molar-refractivity contribution in [3.8, 4) is 17.6 Å². The maximum Gasteiger partial charge on any atom is 0.325 e. The van der Waals surface area contributed by atoms with E-state index in [9.17, 15) is 14.9 Å². The number of rotatable bonds is 5. The smallest absolute Gasteiger partial charge is 0.325 e. The molecule has 1 atom stereocenters. The van der Waals surface area contributed by atoms with E-state index in [0.29, 0.717) is 28.2 Å². The Kier molecular flexibility index (Phi) is 4.74. The lowest BCUT2D eigenvalue weighted by atomic mass is 9.91. The van der Waals surface area contributed by atoms with Crippen LogP contribution >= 0.6 is 0 Å². The summed E-state index contributed by atoms with van der Waals surface area (Å²) in [6.45, 7) is 1.67. The SMILES string of the molecule is COc1ccc([C@]2(C)NC(=O)N(Cc3ccccc3C#N)C2=O)cc1OC. The molecule has 2 aromatic rings. The van der Waals surface area contributed by atoms with Gasteiger partial charge in [-0.1, -0.05) is 24.3 Å². The van der Waals surface area contributed by atoms with Gasteiger partial charge in [-0.2, -0.15) is 5.26 Å². The second-order valence-electron chi connectivity index (χ2n) is 6.29. The van der Waals surface area contributed by atoms with Gasteiger partial charge < -0.3 is 14.8 Å². The summed E-state index contributed by atoms with van der Waals surface area (Å²) in [6.07, 6.45) is 0. The standard InChI is InChI=1S/C20H19N3O4/c1-20(15-8-9-16(26-2)17(10-15)27-3)18(24)23(19(25)22-20)12-14-7-5-4-6-13(14)11-21/h4-10H,12H2,1-3H3,(H,22,25)/t20-/m0/s1. The summed E-state index contributed by atoms with van der Waals surface area (Å²) in [5.41, 5.74) is 0.380. The molecule has 138 valence electrons. The molecule has 1 aliphatic rings. The Balaban J connectivity index is 1.94. The molecule has 1 saturated heterocycles. The monoisotopic (exact) mass is 365 g/mol. The zero-order valence-corrected chi connectivity index (χ0v) is 15.3. The van der Waals surface area contributed by atoms with Crippen LogP contribution in [0.25, 0.3) is 0 Å². The molecule has 2 aromatic carbocycles. The van der Waals surface area contributed by atoms with Crippen LogP contribution in [-0.2, 0) is 16.9 Å². The molecule has 0 aromatic heterocycles. The minimum Gasteiger partial charge on any atom is -0.493 e. The number of hydrogen-bond donors (Lipinski definition) is 1. The van der Waals surface area contributed by atoms with E-state index in [1.54, 1.807) is 49.4 Å². The molecule has 7 nitrogen and oxygen atoms in total. The minimum atomic E-state index is -1.24. The highest BCUT2D eigenvalue weighted by molar-refractivity contribution is 6.07. The van der Waals surface area contributed by atoms with Gasteiger partial charge in [0.1, 0.15) is 5.54 Å². The summed E-state index contributed by atoms with van der Waals surface area (Å²) in [6, 6.07) is 13.5. The van der Waals surface area contributed by atoms with Crippen LogP contribution < -0.4 is 14.8 Å². The molecule has 0 saturated carbocycles. The topological polar surface area (TPSA) is 91.7 Å². The number of urea groups is 1. The fourth-order valence-corrected chi connectivity index (χ4v) is 3.12. The average molecular weight is 365 g/mol. The number of imide groups is 1. The Hall–Kier alpha value is -3.53. The number of methoxy groups -OCH3 is 2. The van der Waals surface area contributed by atoms with E-state index in [4.69, 9.17) is 9.47 Å². The van der Waals surface area contributed by atoms with Gasteiger partial charge in [-0.3, -0.25) is 9.69 Å². The normalized spacial score (nSPS) is 18.8. The highest BCUT2D eigenvalue weighted by atomic mass is 16.5. The van der Waals surface area contributed by atoms with E-state index in [2.05, 4.69) is 11.4 Å². The lowest BCUT2D eigenvalue weighted by molar-refractivity contribution is -0.131. The Labute approximate surface area is 157 Å². The van der Waals surface area contributed by atoms with Crippen molar-refractivity contribution in [3.05, 3.63) is 59.2 Å². The number of hydrogen-bond acceptors (Lipinski definition) is 5. The molecule has 7 heteroatoms. The van der Waals surface area contributed by atoms with Gasteiger partial charge in [-0.15, -0.1) is 0 Å². The molecule has 1 aliphatic heterocycles. The number of nitriles is 1. The van der Waals surface area contributed by atoms with E-state index in [1.807, 2.05) is 0 Å². The summed E-state index contributed by atoms with van der Waals surface area (Å²) in [7, 11) is 3.03. The summed E-state index contributed by atoms with van der Waals surface area (Å²) in [5, 5.41) is 12.0. The number of nitrogens with zero attached hydrogens (tertiary/aromatic N) is 2. The third kappa shape index (κ3) is 3.06. The molecule has 0 aliphatic carbocycles. The first-order valence-electron chi connectivity index (χ1n) is 8.29. The Bertz CT molecular complexity index is 950. The minimum absolute atomic E-state index is 0.0251. The van der Waals surface area contributed by atoms with E-state index < -0.39 is 17.5 Å². The van der Waals surface area contributed by atoms with Crippen LogP contribution in [-0.4, -0.2) is 31.1 Å². The Morgan fingerprint density at radius 3 is 2.48 bits per heavy atom. The zero-order chi connectivity index (χ0) is 19.6. The lowest BCUT2D eigenvalue weighted by Crippen LogP contribution is -2.40. The van der Waals surface area contributed by atoms with Crippen LogP contribution in [0.4, 0.5) is 4.79 Å². The van der Waals surface area contributed by atoms with Gasteiger partial charge in [-0.05, 0) is 36.2 Å². The number of carbonyl (C=O) groups excluding carboxylic acids is 2. The zero-order valence-electron chi connectivity index (χ0n) is 15.3. The highest BCUT2D eigenvalue weighted by Gasteiger charge is 2.49. The largest absolute Gasteiger partial charge is 0.493 e. The third-order valence-electron chi connectivity index (χ3n) is 4.70. The summed E-state index contributed by atoms with van der Waals surface area (Å²) in [4.78, 5) is 26.7. The van der Waals surface area contributed by atoms with Crippen LogP contribution in [0, 0.1) is 11.3 Å². The van der Waals surface area contributed by atoms with E-state index in [0.717, 1.165) is 4.90 Å². The molecule has 0 bridgehead atoms. The number of nitrogens with one attached hydrogen (secondary N) is 1. The molecule has 0 spiro atoms. The summed E-state index contributed by atoms with van der Waals surface area (Å²) in [5.74, 6) is 0.598. The molecular formula is C20H19N3O4. The van der Waals surface area contributed by atoms with E-state index >= 15 is 0 Å². The van der Waals surface area contributed by atoms with Crippen molar-refractivity contribution in [2.45, 2.75) is 19.0 Å². The maximum atomic E-state index is 13.1. The molecule has 1 N–H and O–H groups in total. The predicted molar refractivity (Wildman–Crippen MR) is 97.1 cm³/mol. The van der Waals surface area contributed by atoms with Crippen molar-refractivity contribution in [2.75, 3.05) is 14.2 Å². The summed E-state index contributed by atoms with van der Waals surface area (Å²) >= 11 is 0. The lowest BCUT2D eigenvalue weighted by Gasteiger charge is -2.23. The fraction of sp³-hybridized carbons (Fsp3) is 0.250. The van der Waals surface area contributed by atoms with Gasteiger partial charge in [0.15, 0.2) is 11.5 Å². The molecule has 0 radical (unpaired) electrons. The number of ether oxygens (including phenoxy) is 2. The maximum absolute atomic E-state index is 13.1. The second kappa shape index (κ2) is 7.00. The van der Waals surface area contributed by atoms with Gasteiger partial charge >= 0.3 is 6.03 Å². The second-order valence-corrected chi connectivity index (χ2v) is 6.29. The van der Waals surface area contributed by atoms with Gasteiger partial charge in [0, 0.05) is 0 Å². The van der Waals surface area contributed by atoms with Gasteiger partial charge in [-0.25, -0.2) is 4.79 Å². The summed E-state index contributed by atoms with van der Waals surface area (Å²) < 4.78 is 10.5. The third-order valence-corrected chi connectivity index (χ3v) is 4.70. The molecule has 0 unspecified atom stereocenters. The van der Waals surface area contributed by atoms with Crippen LogP contribution in [0.5, 0.6) is 11.5 Å². The first kappa shape index (κ1) is 18.3. The van der Waals surface area contributed by atoms with Gasteiger partial charge in [0.25, 0.3) is 5.91 Å². The van der Waals surface area contributed by atoms with Crippen molar-refractivity contribution in [2.24, 2.45) is 0 Å². The molecule has 3 amide bonds. The van der Waals surface area contributed by atoms with Crippen LogP contribution in [0.2, 0.25) is 0 Å². The van der Waals surface area contributed by atoms with E-state index in [-0.39, 0.29) is 6.54 Å². The van der Waals surface area contributed by atoms with Crippen LogP contribution in [0.1, 0.15) is 23.6 Å². The van der Waals surface area contributed by atoms with E-state index in [1.165, 1.54) is 14.2 Å². The van der Waals surface area contributed by atoms with Crippen molar-refractivity contribution in [1.29, 1.82) is 5.26 Å². The predicted octanol–water partition coefficient (Wildman–Crippen LogP) is 2.54. The number of amides is 3. The molecule has 27 heavy (non-hydrogen) atoms. The van der Waals surface area contributed by atoms with Crippen molar-refractivity contribution in [1.82, 2.24) is 10.2 Å². The quantitative estimate of drug-likeness (QED) is 0.822. The Morgan fingerprint density at radius 2 is 1.81 bits per heavy atom. The number of carbonyl (C=O) groups is 2. The molecule has 1 heterocycles. The Morgan fingerprint density at radius 1 is 1.11 bits per heavy atom. The van der Waals surface area contributed by atoms with Crippen LogP contribution in [0.15, 0.2) is 42.5 Å². The van der Waals surface area contributed by atoms with Crippen molar-refractivity contribution in [3.63, 3.8) is 0 Å². The van der Waals surface area contributed by atoms with Crippen molar-refractivity contribution < 1.29 is 19.1 Å². The molecule has 1 fully saturated rings. The first-order valence-corrected chi connectivity index (χ1v) is 8.29. The average Bonchev–Trinajstić information content (AvgIpc) is 2.91. The van der Waals surface area contributed by atoms with Gasteiger partial charge in [0.2, 0.25) is 0 Å². The van der Waals surface area contributed by atoms with Crippen LogP contribution in [0.3, 0.4) is 0 Å². The first-order chi connectivity index (χ1) is 12.9. The fourth-order valence-electron chi connectivity index (χ4n) is 3.12. The van der Waals surface area contributed by atoms with Crippen molar-refractivity contribution >= 4 is 11.9 Å². The van der Waals surface area contributed by atoms with Gasteiger partial charge in [0.05, 0.1) is 32.4 Å². The molecule has 3 rings (SSSR count). The molecular weight excluding hydrogens is 346 g/mol. The number of benzene rings is 2.